The van der Waals surface area contributed by atoms with Crippen LogP contribution in [0.4, 0.5) is 0 Å². The summed E-state index contributed by atoms with van der Waals surface area (Å²) < 4.78 is 0. The molecule has 0 aromatic heterocycles. The van der Waals surface area contributed by atoms with Crippen LogP contribution in [-0.2, 0) is 0 Å². The standard InChI is InChI=1S/C22H27NO/c1-23(2)22-13-18(16-9-5-3-6-10-16)21(20(24)15-22)19(14-22)17-11-7-4-8-12-17/h3-12,18-21,24H,13-15H2,1-2H3/t18-,19-,20+,21?,22?/m0/s1. The molecule has 0 saturated heterocycles. The third-order valence-corrected chi connectivity index (χ3v) is 6.57. The molecule has 24 heavy (non-hydrogen) atoms. The Morgan fingerprint density at radius 1 is 0.792 bits per heavy atom. The van der Waals surface area contributed by atoms with Gasteiger partial charge in [0.25, 0.3) is 0 Å². The Morgan fingerprint density at radius 2 is 1.25 bits per heavy atom. The number of aliphatic hydroxyl groups is 1. The minimum atomic E-state index is -0.231. The summed E-state index contributed by atoms with van der Waals surface area (Å²) in [4.78, 5) is 2.37. The van der Waals surface area contributed by atoms with Crippen LogP contribution in [-0.4, -0.2) is 35.7 Å². The van der Waals surface area contributed by atoms with Crippen molar-refractivity contribution in [2.24, 2.45) is 5.92 Å². The van der Waals surface area contributed by atoms with Crippen LogP contribution >= 0.6 is 0 Å². The van der Waals surface area contributed by atoms with E-state index >= 15 is 0 Å². The van der Waals surface area contributed by atoms with E-state index in [-0.39, 0.29) is 11.6 Å². The highest BCUT2D eigenvalue weighted by molar-refractivity contribution is 5.32. The number of hydrogen-bond acceptors (Lipinski definition) is 2. The first kappa shape index (κ1) is 15.9. The molecule has 5 rings (SSSR count). The number of fused-ring (bicyclic) bond motifs is 3. The molecule has 0 amide bonds. The molecule has 2 nitrogen and oxygen atoms in total. The summed E-state index contributed by atoms with van der Waals surface area (Å²) in [6, 6.07) is 21.6. The summed E-state index contributed by atoms with van der Waals surface area (Å²) in [5.41, 5.74) is 2.86. The molecule has 3 aliphatic carbocycles. The van der Waals surface area contributed by atoms with Gasteiger partial charge in [0.05, 0.1) is 6.10 Å². The zero-order valence-electron chi connectivity index (χ0n) is 14.6. The Balaban J connectivity index is 1.80. The first-order chi connectivity index (χ1) is 11.6. The minimum Gasteiger partial charge on any atom is -0.393 e. The van der Waals surface area contributed by atoms with Gasteiger partial charge in [-0.2, -0.15) is 0 Å². The maximum absolute atomic E-state index is 11.1. The molecule has 3 saturated carbocycles. The molecule has 2 bridgehead atoms. The van der Waals surface area contributed by atoms with E-state index in [9.17, 15) is 5.11 Å². The SMILES string of the molecule is CN(C)C12C[C@@H](O)C([C@H](c3ccccc3)C1)[C@H](c1ccccc1)C2. The van der Waals surface area contributed by atoms with Crippen molar-refractivity contribution in [2.45, 2.75) is 42.7 Å². The molecule has 126 valence electrons. The second-order valence-electron chi connectivity index (χ2n) is 7.91. The Labute approximate surface area is 145 Å². The first-order valence-corrected chi connectivity index (χ1v) is 9.06. The van der Waals surface area contributed by atoms with E-state index in [1.165, 1.54) is 11.1 Å². The van der Waals surface area contributed by atoms with Gasteiger partial charge in [-0.1, -0.05) is 60.7 Å². The second-order valence-corrected chi connectivity index (χ2v) is 7.91. The molecule has 1 N–H and O–H groups in total. The molecule has 3 aliphatic rings. The van der Waals surface area contributed by atoms with Gasteiger partial charge < -0.3 is 10.0 Å². The quantitative estimate of drug-likeness (QED) is 0.922. The average Bonchev–Trinajstić information content (AvgIpc) is 2.62. The number of hydrogen-bond donors (Lipinski definition) is 1. The highest BCUT2D eigenvalue weighted by Crippen LogP contribution is 2.59. The van der Waals surface area contributed by atoms with Gasteiger partial charge in [-0.25, -0.2) is 0 Å². The van der Waals surface area contributed by atoms with Gasteiger partial charge in [-0.15, -0.1) is 0 Å². The highest BCUT2D eigenvalue weighted by Gasteiger charge is 2.56. The van der Waals surface area contributed by atoms with Crippen LogP contribution in [0.3, 0.4) is 0 Å². The molecule has 0 heterocycles. The third kappa shape index (κ3) is 2.49. The Morgan fingerprint density at radius 3 is 1.67 bits per heavy atom. The molecule has 2 aromatic rings. The third-order valence-electron chi connectivity index (χ3n) is 6.57. The smallest absolute Gasteiger partial charge is 0.0597 e. The molecule has 0 radical (unpaired) electrons. The lowest BCUT2D eigenvalue weighted by Crippen LogP contribution is -2.60. The fourth-order valence-electron chi connectivity index (χ4n) is 5.31. The second kappa shape index (κ2) is 6.02. The fraction of sp³-hybridized carbons (Fsp3) is 0.455. The molecule has 3 fully saturated rings. The monoisotopic (exact) mass is 321 g/mol. The topological polar surface area (TPSA) is 23.5 Å². The van der Waals surface area contributed by atoms with Gasteiger partial charge in [0, 0.05) is 5.54 Å². The van der Waals surface area contributed by atoms with Crippen molar-refractivity contribution in [2.75, 3.05) is 14.1 Å². The summed E-state index contributed by atoms with van der Waals surface area (Å²) in [6.45, 7) is 0. The van der Waals surface area contributed by atoms with E-state index in [1.807, 2.05) is 0 Å². The number of nitrogens with zero attached hydrogens (tertiary/aromatic N) is 1. The van der Waals surface area contributed by atoms with Gasteiger partial charge in [-0.3, -0.25) is 0 Å². The van der Waals surface area contributed by atoms with Crippen LogP contribution in [0, 0.1) is 5.92 Å². The van der Waals surface area contributed by atoms with Crippen molar-refractivity contribution < 1.29 is 5.11 Å². The van der Waals surface area contributed by atoms with Crippen LogP contribution in [0.2, 0.25) is 0 Å². The number of benzene rings is 2. The van der Waals surface area contributed by atoms with Gasteiger partial charge in [0.1, 0.15) is 0 Å². The summed E-state index contributed by atoms with van der Waals surface area (Å²) in [5, 5.41) is 11.1. The summed E-state index contributed by atoms with van der Waals surface area (Å²) in [7, 11) is 4.37. The maximum atomic E-state index is 11.1. The molecule has 0 spiro atoms. The lowest BCUT2D eigenvalue weighted by Gasteiger charge is -2.59. The lowest BCUT2D eigenvalue weighted by atomic mass is 9.52. The van der Waals surface area contributed by atoms with E-state index in [0.717, 1.165) is 19.3 Å². The number of rotatable bonds is 3. The first-order valence-electron chi connectivity index (χ1n) is 9.06. The van der Waals surface area contributed by atoms with Crippen molar-refractivity contribution in [1.82, 2.24) is 4.90 Å². The molecule has 0 unspecified atom stereocenters. The van der Waals surface area contributed by atoms with Crippen molar-refractivity contribution >= 4 is 0 Å². The molecular weight excluding hydrogens is 294 g/mol. The Kier molecular flexibility index (Phi) is 3.98. The minimum absolute atomic E-state index is 0.0924. The van der Waals surface area contributed by atoms with Gasteiger partial charge in [0.2, 0.25) is 0 Å². The molecule has 2 aromatic carbocycles. The van der Waals surface area contributed by atoms with E-state index in [4.69, 9.17) is 0 Å². The molecule has 0 aliphatic heterocycles. The van der Waals surface area contributed by atoms with Crippen LogP contribution in [0.1, 0.15) is 42.2 Å². The zero-order chi connectivity index (χ0) is 16.7. The predicted octanol–water partition coefficient (Wildman–Crippen LogP) is 4.03. The highest BCUT2D eigenvalue weighted by atomic mass is 16.3. The van der Waals surface area contributed by atoms with E-state index in [0.29, 0.717) is 17.8 Å². The van der Waals surface area contributed by atoms with Crippen LogP contribution in [0.25, 0.3) is 0 Å². The van der Waals surface area contributed by atoms with Crippen LogP contribution in [0.15, 0.2) is 60.7 Å². The lowest BCUT2D eigenvalue weighted by molar-refractivity contribution is -0.0909. The van der Waals surface area contributed by atoms with Crippen molar-refractivity contribution in [3.05, 3.63) is 71.8 Å². The Hall–Kier alpha value is -1.64. The van der Waals surface area contributed by atoms with Crippen molar-refractivity contribution in [1.29, 1.82) is 0 Å². The summed E-state index contributed by atoms with van der Waals surface area (Å²) in [5.74, 6) is 1.17. The molecule has 2 heteroatoms. The van der Waals surface area contributed by atoms with Gasteiger partial charge >= 0.3 is 0 Å². The predicted molar refractivity (Wildman–Crippen MR) is 98.1 cm³/mol. The van der Waals surface area contributed by atoms with Gasteiger partial charge in [0.15, 0.2) is 0 Å². The molecular formula is C22H27NO. The number of aliphatic hydroxyl groups excluding tert-OH is 1. The van der Waals surface area contributed by atoms with E-state index < -0.39 is 0 Å². The van der Waals surface area contributed by atoms with Crippen LogP contribution in [0.5, 0.6) is 0 Å². The fourth-order valence-corrected chi connectivity index (χ4v) is 5.31. The van der Waals surface area contributed by atoms with E-state index in [1.54, 1.807) is 0 Å². The van der Waals surface area contributed by atoms with Gasteiger partial charge in [-0.05, 0) is 62.2 Å². The zero-order valence-corrected chi connectivity index (χ0v) is 14.6. The summed E-state index contributed by atoms with van der Waals surface area (Å²) in [6.07, 6.45) is 2.96. The Bertz CT molecular complexity index is 632. The van der Waals surface area contributed by atoms with Crippen molar-refractivity contribution in [3.8, 4) is 0 Å². The largest absolute Gasteiger partial charge is 0.393 e. The van der Waals surface area contributed by atoms with E-state index in [2.05, 4.69) is 79.7 Å². The van der Waals surface area contributed by atoms with Crippen molar-refractivity contribution in [3.63, 3.8) is 0 Å². The maximum Gasteiger partial charge on any atom is 0.0597 e. The van der Waals surface area contributed by atoms with Crippen LogP contribution < -0.4 is 0 Å². The summed E-state index contributed by atoms with van der Waals surface area (Å²) >= 11 is 0. The average molecular weight is 321 g/mol. The normalized spacial score (nSPS) is 35.3. The molecule has 3 atom stereocenters.